The number of halogens is 1. The van der Waals surface area contributed by atoms with E-state index in [1.807, 2.05) is 0 Å². The Bertz CT molecular complexity index is 1110. The Labute approximate surface area is 181 Å². The minimum absolute atomic E-state index is 0.0641. The third-order valence-corrected chi connectivity index (χ3v) is 4.55. The number of imide groups is 2. The van der Waals surface area contributed by atoms with Crippen molar-refractivity contribution in [2.45, 2.75) is 6.92 Å². The van der Waals surface area contributed by atoms with Crippen molar-refractivity contribution in [3.05, 3.63) is 62.7 Å². The molecular weight excluding hydrogens is 430 g/mol. The number of non-ortho nitro benzene ring substituents is 1. The molecule has 2 aromatic carbocycles. The van der Waals surface area contributed by atoms with Gasteiger partial charge in [0.2, 0.25) is 0 Å². The molecule has 1 aliphatic heterocycles. The highest BCUT2D eigenvalue weighted by atomic mass is 35.5. The number of carbonyl (C=O) groups is 3. The first-order valence-electron chi connectivity index (χ1n) is 8.93. The van der Waals surface area contributed by atoms with Gasteiger partial charge in [0.15, 0.2) is 11.5 Å². The number of nitrogens with zero attached hydrogens (tertiary/aromatic N) is 2. The van der Waals surface area contributed by atoms with Gasteiger partial charge >= 0.3 is 6.03 Å². The lowest BCUT2D eigenvalue weighted by molar-refractivity contribution is -0.384. The highest BCUT2D eigenvalue weighted by molar-refractivity contribution is 6.39. The van der Waals surface area contributed by atoms with Crippen molar-refractivity contribution in [3.63, 3.8) is 0 Å². The summed E-state index contributed by atoms with van der Waals surface area (Å²) in [6.45, 7) is 2.10. The molecular formula is C20H16ClN3O7. The maximum absolute atomic E-state index is 12.9. The summed E-state index contributed by atoms with van der Waals surface area (Å²) in [7, 11) is 1.42. The van der Waals surface area contributed by atoms with Crippen LogP contribution in [0.25, 0.3) is 6.08 Å². The normalized spacial score (nSPS) is 15.1. The number of nitro benzene ring substituents is 1. The van der Waals surface area contributed by atoms with Crippen LogP contribution in [-0.4, -0.2) is 36.5 Å². The average Bonchev–Trinajstić information content (AvgIpc) is 2.71. The molecule has 0 unspecified atom stereocenters. The molecule has 11 heteroatoms. The largest absolute Gasteiger partial charge is 0.491 e. The lowest BCUT2D eigenvalue weighted by atomic mass is 10.1. The fourth-order valence-corrected chi connectivity index (χ4v) is 3.21. The summed E-state index contributed by atoms with van der Waals surface area (Å²) in [5, 5.41) is 13.1. The van der Waals surface area contributed by atoms with Crippen molar-refractivity contribution in [1.29, 1.82) is 0 Å². The molecule has 0 aliphatic carbocycles. The molecule has 0 atom stereocenters. The SMILES string of the molecule is CCOc1cc(/C=C2\C(=O)NC(=O)N(c3ccc([N+](=O)[O-])cc3)C2=O)cc(Cl)c1OC. The predicted octanol–water partition coefficient (Wildman–Crippen LogP) is 3.32. The summed E-state index contributed by atoms with van der Waals surface area (Å²) >= 11 is 6.21. The Morgan fingerprint density at radius 3 is 2.45 bits per heavy atom. The van der Waals surface area contributed by atoms with Crippen LogP contribution in [0, 0.1) is 10.1 Å². The van der Waals surface area contributed by atoms with Crippen LogP contribution < -0.4 is 19.7 Å². The number of nitro groups is 1. The van der Waals surface area contributed by atoms with E-state index in [-0.39, 0.29) is 22.0 Å². The maximum atomic E-state index is 12.9. The van der Waals surface area contributed by atoms with Crippen molar-refractivity contribution in [3.8, 4) is 11.5 Å². The lowest BCUT2D eigenvalue weighted by Gasteiger charge is -2.26. The van der Waals surface area contributed by atoms with Crippen LogP contribution in [0.4, 0.5) is 16.2 Å². The number of nitrogens with one attached hydrogen (secondary N) is 1. The van der Waals surface area contributed by atoms with Crippen molar-refractivity contribution in [2.75, 3.05) is 18.6 Å². The zero-order valence-corrected chi connectivity index (χ0v) is 17.1. The van der Waals surface area contributed by atoms with E-state index in [4.69, 9.17) is 21.1 Å². The Hall–Kier alpha value is -3.92. The first-order chi connectivity index (χ1) is 14.8. The first-order valence-corrected chi connectivity index (χ1v) is 9.30. The zero-order valence-electron chi connectivity index (χ0n) is 16.4. The van der Waals surface area contributed by atoms with E-state index in [2.05, 4.69) is 5.32 Å². The third-order valence-electron chi connectivity index (χ3n) is 4.27. The van der Waals surface area contributed by atoms with Gasteiger partial charge in [-0.2, -0.15) is 0 Å². The number of benzene rings is 2. The minimum Gasteiger partial charge on any atom is -0.491 e. The molecule has 0 spiro atoms. The van der Waals surface area contributed by atoms with Gasteiger partial charge in [-0.25, -0.2) is 9.69 Å². The number of hydrogen-bond acceptors (Lipinski definition) is 7. The van der Waals surface area contributed by atoms with Gasteiger partial charge in [-0.15, -0.1) is 0 Å². The summed E-state index contributed by atoms with van der Waals surface area (Å²) in [6, 6.07) is 6.81. The highest BCUT2D eigenvalue weighted by Crippen LogP contribution is 2.37. The van der Waals surface area contributed by atoms with E-state index in [1.54, 1.807) is 6.92 Å². The number of hydrogen-bond donors (Lipinski definition) is 1. The Kier molecular flexibility index (Phi) is 6.21. The number of barbiturate groups is 1. The molecule has 160 valence electrons. The molecule has 3 rings (SSSR count). The Morgan fingerprint density at radius 1 is 1.19 bits per heavy atom. The lowest BCUT2D eigenvalue weighted by Crippen LogP contribution is -2.54. The molecule has 1 N–H and O–H groups in total. The molecule has 10 nitrogen and oxygen atoms in total. The molecule has 0 radical (unpaired) electrons. The van der Waals surface area contributed by atoms with E-state index in [1.165, 1.54) is 37.5 Å². The van der Waals surface area contributed by atoms with E-state index in [0.29, 0.717) is 28.6 Å². The van der Waals surface area contributed by atoms with Gasteiger partial charge in [0.05, 0.1) is 29.4 Å². The van der Waals surface area contributed by atoms with E-state index < -0.39 is 22.8 Å². The molecule has 31 heavy (non-hydrogen) atoms. The fraction of sp³-hybridized carbons (Fsp3) is 0.150. The average molecular weight is 446 g/mol. The van der Waals surface area contributed by atoms with Crippen LogP contribution in [0.3, 0.4) is 0 Å². The predicted molar refractivity (Wildman–Crippen MR) is 111 cm³/mol. The molecule has 0 bridgehead atoms. The number of urea groups is 1. The number of ether oxygens (including phenoxy) is 2. The molecule has 0 aromatic heterocycles. The van der Waals surface area contributed by atoms with Gasteiger partial charge in [0.1, 0.15) is 5.57 Å². The monoisotopic (exact) mass is 445 g/mol. The number of carbonyl (C=O) groups excluding carboxylic acids is 3. The van der Waals surface area contributed by atoms with Crippen LogP contribution >= 0.6 is 11.6 Å². The van der Waals surface area contributed by atoms with Gasteiger partial charge in [-0.1, -0.05) is 11.6 Å². The quantitative estimate of drug-likeness (QED) is 0.312. The molecule has 0 saturated carbocycles. The van der Waals surface area contributed by atoms with Crippen LogP contribution in [-0.2, 0) is 9.59 Å². The first kappa shape index (κ1) is 21.8. The van der Waals surface area contributed by atoms with Crippen molar-refractivity contribution < 1.29 is 28.8 Å². The molecule has 2 aromatic rings. The molecule has 4 amide bonds. The van der Waals surface area contributed by atoms with Crippen molar-refractivity contribution in [1.82, 2.24) is 5.32 Å². The van der Waals surface area contributed by atoms with Gasteiger partial charge in [-0.05, 0) is 42.8 Å². The smallest absolute Gasteiger partial charge is 0.335 e. The van der Waals surface area contributed by atoms with Crippen molar-refractivity contribution >= 4 is 46.9 Å². The Balaban J connectivity index is 2.02. The maximum Gasteiger partial charge on any atom is 0.335 e. The summed E-state index contributed by atoms with van der Waals surface area (Å²) in [4.78, 5) is 48.5. The van der Waals surface area contributed by atoms with E-state index in [0.717, 1.165) is 12.1 Å². The van der Waals surface area contributed by atoms with Gasteiger partial charge < -0.3 is 9.47 Å². The number of rotatable bonds is 6. The summed E-state index contributed by atoms with van der Waals surface area (Å²) in [6.07, 6.45) is 1.26. The van der Waals surface area contributed by atoms with E-state index in [9.17, 15) is 24.5 Å². The van der Waals surface area contributed by atoms with Gasteiger partial charge in [-0.3, -0.25) is 25.0 Å². The molecule has 1 saturated heterocycles. The summed E-state index contributed by atoms with van der Waals surface area (Å²) in [5.41, 5.74) is -0.113. The topological polar surface area (TPSA) is 128 Å². The second kappa shape index (κ2) is 8.84. The summed E-state index contributed by atoms with van der Waals surface area (Å²) < 4.78 is 10.7. The fourth-order valence-electron chi connectivity index (χ4n) is 2.91. The number of anilines is 1. The van der Waals surface area contributed by atoms with Crippen LogP contribution in [0.15, 0.2) is 42.0 Å². The zero-order chi connectivity index (χ0) is 22.7. The molecule has 1 fully saturated rings. The van der Waals surface area contributed by atoms with Gasteiger partial charge in [0, 0.05) is 12.1 Å². The second-order valence-corrected chi connectivity index (χ2v) is 6.61. The van der Waals surface area contributed by atoms with Gasteiger partial charge in [0.25, 0.3) is 17.5 Å². The molecule has 1 heterocycles. The third kappa shape index (κ3) is 4.33. The summed E-state index contributed by atoms with van der Waals surface area (Å²) in [5.74, 6) is -1.17. The van der Waals surface area contributed by atoms with Crippen LogP contribution in [0.2, 0.25) is 5.02 Å². The minimum atomic E-state index is -0.969. The number of amides is 4. The van der Waals surface area contributed by atoms with Crippen LogP contribution in [0.5, 0.6) is 11.5 Å². The van der Waals surface area contributed by atoms with Crippen LogP contribution in [0.1, 0.15) is 12.5 Å². The van der Waals surface area contributed by atoms with E-state index >= 15 is 0 Å². The Morgan fingerprint density at radius 2 is 1.87 bits per heavy atom. The molecule has 1 aliphatic rings. The highest BCUT2D eigenvalue weighted by Gasteiger charge is 2.37. The van der Waals surface area contributed by atoms with Crippen molar-refractivity contribution in [2.24, 2.45) is 0 Å². The standard InChI is InChI=1S/C20H16ClN3O7/c1-3-31-16-10-11(9-15(21)17(16)30-2)8-14-18(25)22-20(27)23(19(14)26)12-4-6-13(7-5-12)24(28)29/h4-10H,3H2,1-2H3,(H,22,25,27)/b14-8+. The second-order valence-electron chi connectivity index (χ2n) is 6.20. The number of methoxy groups -OCH3 is 1.